The number of hydrogen-bond donors (Lipinski definition) is 2. The van der Waals surface area contributed by atoms with Gasteiger partial charge in [-0.25, -0.2) is 4.68 Å². The zero-order valence-electron chi connectivity index (χ0n) is 13.7. The molecule has 0 fully saturated rings. The molecule has 0 spiro atoms. The maximum Gasteiger partial charge on any atom is 0.234 e. The van der Waals surface area contributed by atoms with Crippen molar-refractivity contribution < 1.29 is 15.0 Å². The molecule has 0 saturated heterocycles. The van der Waals surface area contributed by atoms with Gasteiger partial charge in [-0.2, -0.15) is 16.9 Å². The number of carbonyl (C=O) groups is 1. The number of anilines is 1. The lowest BCUT2D eigenvalue weighted by Gasteiger charge is -2.34. The van der Waals surface area contributed by atoms with E-state index in [0.29, 0.717) is 17.1 Å². The predicted molar refractivity (Wildman–Crippen MR) is 94.1 cm³/mol. The van der Waals surface area contributed by atoms with E-state index in [0.717, 1.165) is 4.90 Å². The summed E-state index contributed by atoms with van der Waals surface area (Å²) in [6.07, 6.45) is 6.62. The Hall–Kier alpha value is -1.84. The highest BCUT2D eigenvalue weighted by atomic mass is 32.2. The van der Waals surface area contributed by atoms with Gasteiger partial charge in [0.1, 0.15) is 0 Å². The Bertz CT molecular complexity index is 702. The molecule has 0 aliphatic carbocycles. The van der Waals surface area contributed by atoms with Crippen LogP contribution in [0.25, 0.3) is 5.69 Å². The summed E-state index contributed by atoms with van der Waals surface area (Å²) in [4.78, 5) is 17.4. The maximum atomic E-state index is 12.6. The molecule has 0 aliphatic heterocycles. The molecule has 2 N–H and O–H groups in total. The Kier molecular flexibility index (Phi) is 5.68. The lowest BCUT2D eigenvalue weighted by molar-refractivity contribution is -0.136. The second-order valence-electron chi connectivity index (χ2n) is 5.47. The first kappa shape index (κ1) is 18.5. The molecular weight excluding hydrogens is 327 g/mol. The number of thioether (sulfide) groups is 1. The van der Waals surface area contributed by atoms with Gasteiger partial charge in [-0.1, -0.05) is 6.92 Å². The van der Waals surface area contributed by atoms with Crippen molar-refractivity contribution in [3.8, 4) is 5.69 Å². The molecule has 2 heterocycles. The fourth-order valence-corrected chi connectivity index (χ4v) is 2.93. The van der Waals surface area contributed by atoms with Crippen molar-refractivity contribution in [2.45, 2.75) is 19.7 Å². The molecule has 24 heavy (non-hydrogen) atoms. The molecule has 0 bridgehead atoms. The van der Waals surface area contributed by atoms with E-state index in [1.54, 1.807) is 38.4 Å². The molecule has 2 aromatic heterocycles. The minimum absolute atomic E-state index is 0.226. The number of aliphatic hydroxyl groups is 2. The molecule has 2 aromatic rings. The van der Waals surface area contributed by atoms with Crippen LogP contribution in [-0.2, 0) is 4.79 Å². The Morgan fingerprint density at radius 2 is 2.25 bits per heavy atom. The number of nitrogens with zero attached hydrogens (tertiary/aromatic N) is 4. The molecule has 7 nitrogen and oxygen atoms in total. The van der Waals surface area contributed by atoms with Crippen LogP contribution < -0.4 is 4.90 Å². The SMILES string of the molecule is [B]C(O)(O)N(C(=O)C(C)CSC)c1cn(-c2cccnc2)nc1C. The van der Waals surface area contributed by atoms with Crippen LogP contribution in [0.3, 0.4) is 0 Å². The fourth-order valence-electron chi connectivity index (χ4n) is 2.29. The normalized spacial score (nSPS) is 12.9. The van der Waals surface area contributed by atoms with Gasteiger partial charge in [0.2, 0.25) is 5.91 Å². The molecule has 0 aromatic carbocycles. The molecule has 0 saturated carbocycles. The van der Waals surface area contributed by atoms with Crippen molar-refractivity contribution in [1.82, 2.24) is 14.8 Å². The number of amides is 1. The molecule has 0 aliphatic rings. The number of rotatable bonds is 6. The monoisotopic (exact) mass is 346 g/mol. The summed E-state index contributed by atoms with van der Waals surface area (Å²) in [7, 11) is 5.42. The van der Waals surface area contributed by atoms with Gasteiger partial charge in [0.15, 0.2) is 13.7 Å². The van der Waals surface area contributed by atoms with Crippen LogP contribution in [0.5, 0.6) is 0 Å². The summed E-state index contributed by atoms with van der Waals surface area (Å²) < 4.78 is 1.50. The van der Waals surface area contributed by atoms with Crippen LogP contribution in [0.2, 0.25) is 0 Å². The number of carbonyl (C=O) groups excluding carboxylic acids is 1. The number of hydrogen-bond acceptors (Lipinski definition) is 6. The van der Waals surface area contributed by atoms with Crippen molar-refractivity contribution in [3.05, 3.63) is 36.4 Å². The Balaban J connectivity index is 2.45. The third-order valence-electron chi connectivity index (χ3n) is 3.41. The van der Waals surface area contributed by atoms with Crippen LogP contribution >= 0.6 is 11.8 Å². The average Bonchev–Trinajstić information content (AvgIpc) is 2.89. The predicted octanol–water partition coefficient (Wildman–Crippen LogP) is 0.672. The summed E-state index contributed by atoms with van der Waals surface area (Å²) >= 11 is 1.49. The quantitative estimate of drug-likeness (QED) is 0.590. The second-order valence-corrected chi connectivity index (χ2v) is 6.38. The van der Waals surface area contributed by atoms with E-state index in [4.69, 9.17) is 7.85 Å². The first-order chi connectivity index (χ1) is 11.3. The average molecular weight is 346 g/mol. The van der Waals surface area contributed by atoms with Gasteiger partial charge in [0.25, 0.3) is 0 Å². The first-order valence-electron chi connectivity index (χ1n) is 7.29. The molecule has 1 atom stereocenters. The number of aryl methyl sites for hydroxylation is 1. The first-order valence-corrected chi connectivity index (χ1v) is 8.68. The number of aromatic nitrogens is 3. The summed E-state index contributed by atoms with van der Waals surface area (Å²) in [6.45, 7) is 3.37. The summed E-state index contributed by atoms with van der Waals surface area (Å²) in [5.74, 6) is -3.23. The summed E-state index contributed by atoms with van der Waals surface area (Å²) in [5.41, 5.74) is 1.33. The molecular formula is C15H19BN4O3S. The highest BCUT2D eigenvalue weighted by Crippen LogP contribution is 2.27. The van der Waals surface area contributed by atoms with Gasteiger partial charge in [0, 0.05) is 17.9 Å². The van der Waals surface area contributed by atoms with Crippen LogP contribution in [0, 0.1) is 12.8 Å². The van der Waals surface area contributed by atoms with Crippen LogP contribution in [0.15, 0.2) is 30.7 Å². The van der Waals surface area contributed by atoms with E-state index in [1.807, 2.05) is 6.26 Å². The molecule has 1 unspecified atom stereocenters. The zero-order valence-corrected chi connectivity index (χ0v) is 14.6. The van der Waals surface area contributed by atoms with Crippen molar-refractivity contribution in [1.29, 1.82) is 0 Å². The highest BCUT2D eigenvalue weighted by Gasteiger charge is 2.36. The zero-order chi connectivity index (χ0) is 17.9. The van der Waals surface area contributed by atoms with Crippen LogP contribution in [0.4, 0.5) is 5.69 Å². The van der Waals surface area contributed by atoms with Gasteiger partial charge < -0.3 is 10.2 Å². The molecule has 1 amide bonds. The molecule has 2 rings (SSSR count). The van der Waals surface area contributed by atoms with Crippen molar-refractivity contribution >= 4 is 31.2 Å². The minimum Gasteiger partial charge on any atom is -0.357 e. The van der Waals surface area contributed by atoms with Gasteiger partial charge in [-0.3, -0.25) is 14.7 Å². The lowest BCUT2D eigenvalue weighted by Crippen LogP contribution is -2.55. The number of pyridine rings is 1. The second kappa shape index (κ2) is 7.37. The lowest BCUT2D eigenvalue weighted by atomic mass is 9.99. The molecule has 9 heteroatoms. The van der Waals surface area contributed by atoms with Crippen molar-refractivity contribution in [2.75, 3.05) is 16.9 Å². The Morgan fingerprint density at radius 3 is 2.79 bits per heavy atom. The van der Waals surface area contributed by atoms with E-state index in [1.165, 1.54) is 22.6 Å². The van der Waals surface area contributed by atoms with Gasteiger partial charge in [0.05, 0.1) is 29.5 Å². The van der Waals surface area contributed by atoms with Crippen LogP contribution in [-0.4, -0.2) is 56.5 Å². The minimum atomic E-state index is -2.82. The Morgan fingerprint density at radius 1 is 1.54 bits per heavy atom. The van der Waals surface area contributed by atoms with Gasteiger partial charge in [-0.05, 0) is 25.3 Å². The third kappa shape index (κ3) is 3.98. The fraction of sp³-hybridized carbons (Fsp3) is 0.400. The van der Waals surface area contributed by atoms with E-state index in [-0.39, 0.29) is 5.69 Å². The van der Waals surface area contributed by atoms with E-state index in [2.05, 4.69) is 10.1 Å². The van der Waals surface area contributed by atoms with E-state index in [9.17, 15) is 15.0 Å². The van der Waals surface area contributed by atoms with Gasteiger partial charge >= 0.3 is 0 Å². The largest absolute Gasteiger partial charge is 0.357 e. The van der Waals surface area contributed by atoms with Crippen molar-refractivity contribution in [2.24, 2.45) is 5.92 Å². The summed E-state index contributed by atoms with van der Waals surface area (Å²) in [6, 6.07) is 3.54. The Labute approximate surface area is 146 Å². The topological polar surface area (TPSA) is 91.5 Å². The summed E-state index contributed by atoms with van der Waals surface area (Å²) in [5, 5.41) is 24.1. The van der Waals surface area contributed by atoms with E-state index >= 15 is 0 Å². The smallest absolute Gasteiger partial charge is 0.234 e. The van der Waals surface area contributed by atoms with Crippen LogP contribution in [0.1, 0.15) is 12.6 Å². The highest BCUT2D eigenvalue weighted by molar-refractivity contribution is 7.98. The van der Waals surface area contributed by atoms with Gasteiger partial charge in [-0.15, -0.1) is 0 Å². The maximum absolute atomic E-state index is 12.6. The third-order valence-corrected chi connectivity index (χ3v) is 4.25. The molecule has 126 valence electrons. The molecule has 2 radical (unpaired) electrons. The van der Waals surface area contributed by atoms with Crippen molar-refractivity contribution in [3.63, 3.8) is 0 Å². The standard InChI is InChI=1S/C15H19BN4O3S/c1-10(9-24-3)14(21)20(15(16,22)23)13-8-19(18-11(13)2)12-5-4-6-17-7-12/h4-8,10,22-23H,9H2,1-3H3. The van der Waals surface area contributed by atoms with E-state index < -0.39 is 17.6 Å².